The van der Waals surface area contributed by atoms with Crippen LogP contribution in [0.4, 0.5) is 0 Å². The smallest absolute Gasteiger partial charge is 0.336 e. The van der Waals surface area contributed by atoms with E-state index in [0.29, 0.717) is 6.10 Å². The number of carbonyl (C=O) groups excluding carboxylic acids is 2. The van der Waals surface area contributed by atoms with Crippen molar-refractivity contribution in [2.45, 2.75) is 51.1 Å². The van der Waals surface area contributed by atoms with Gasteiger partial charge in [-0.25, -0.2) is 9.59 Å². The van der Waals surface area contributed by atoms with Crippen molar-refractivity contribution in [1.82, 2.24) is 0 Å². The largest absolute Gasteiger partial charge is 0.419 e. The molecule has 20 heavy (non-hydrogen) atoms. The van der Waals surface area contributed by atoms with Gasteiger partial charge in [0.15, 0.2) is 0 Å². The molecule has 1 aliphatic carbocycles. The maximum absolute atomic E-state index is 11.8. The Kier molecular flexibility index (Phi) is 3.99. The third-order valence-corrected chi connectivity index (χ3v) is 3.86. The van der Waals surface area contributed by atoms with E-state index in [0.717, 1.165) is 25.3 Å². The monoisotopic (exact) mass is 280 g/mol. The minimum atomic E-state index is -1.31. The van der Waals surface area contributed by atoms with Crippen LogP contribution in [-0.4, -0.2) is 29.9 Å². The highest BCUT2D eigenvalue weighted by atomic mass is 16.7. The fourth-order valence-electron chi connectivity index (χ4n) is 2.58. The molecule has 1 saturated heterocycles. The molecule has 0 aromatic rings. The second-order valence-electron chi connectivity index (χ2n) is 5.53. The molecule has 0 radical (unpaired) electrons. The van der Waals surface area contributed by atoms with Gasteiger partial charge in [-0.3, -0.25) is 0 Å². The second-order valence-corrected chi connectivity index (χ2v) is 5.53. The first-order valence-electron chi connectivity index (χ1n) is 6.75. The zero-order chi connectivity index (χ0) is 14.9. The lowest BCUT2D eigenvalue weighted by Crippen LogP contribution is -2.45. The lowest BCUT2D eigenvalue weighted by Gasteiger charge is -2.37. The van der Waals surface area contributed by atoms with Crippen molar-refractivity contribution >= 4 is 11.9 Å². The minimum Gasteiger partial charge on any atom is -0.419 e. The normalized spacial score (nSPS) is 30.4. The van der Waals surface area contributed by atoms with E-state index >= 15 is 0 Å². The molecule has 1 aliphatic heterocycles. The third kappa shape index (κ3) is 3.10. The summed E-state index contributed by atoms with van der Waals surface area (Å²) in [5, 5.41) is 0. The zero-order valence-electron chi connectivity index (χ0n) is 11.9. The van der Waals surface area contributed by atoms with Crippen LogP contribution >= 0.6 is 0 Å². The van der Waals surface area contributed by atoms with Crippen molar-refractivity contribution in [2.24, 2.45) is 5.92 Å². The van der Waals surface area contributed by atoms with E-state index in [1.54, 1.807) is 13.8 Å². The van der Waals surface area contributed by atoms with Gasteiger partial charge in [0.05, 0.1) is 12.2 Å². The highest BCUT2D eigenvalue weighted by Crippen LogP contribution is 2.45. The molecule has 0 aromatic carbocycles. The number of carbonyl (C=O) groups is 2. The van der Waals surface area contributed by atoms with Crippen molar-refractivity contribution in [3.05, 3.63) is 24.8 Å². The SMILES string of the molecule is C=CC(=O)OC(C)(OC(=O)C(=C)C)C1CCC2OC2C1. The first-order valence-corrected chi connectivity index (χ1v) is 6.75. The van der Waals surface area contributed by atoms with E-state index in [1.807, 2.05) is 0 Å². The van der Waals surface area contributed by atoms with Gasteiger partial charge in [-0.05, 0) is 26.2 Å². The Morgan fingerprint density at radius 1 is 1.30 bits per heavy atom. The summed E-state index contributed by atoms with van der Waals surface area (Å²) < 4.78 is 16.2. The van der Waals surface area contributed by atoms with E-state index < -0.39 is 17.7 Å². The highest BCUT2D eigenvalue weighted by Gasteiger charge is 2.52. The molecule has 1 heterocycles. The summed E-state index contributed by atoms with van der Waals surface area (Å²) in [7, 11) is 0. The molecule has 0 spiro atoms. The molecule has 2 fully saturated rings. The van der Waals surface area contributed by atoms with Crippen LogP contribution in [0.15, 0.2) is 24.8 Å². The summed E-state index contributed by atoms with van der Waals surface area (Å²) in [6.45, 7) is 10.1. The lowest BCUT2D eigenvalue weighted by molar-refractivity contribution is -0.238. The van der Waals surface area contributed by atoms with Gasteiger partial charge in [-0.2, -0.15) is 0 Å². The second kappa shape index (κ2) is 5.40. The van der Waals surface area contributed by atoms with Crippen molar-refractivity contribution in [3.63, 3.8) is 0 Å². The fraction of sp³-hybridized carbons (Fsp3) is 0.600. The van der Waals surface area contributed by atoms with Gasteiger partial charge >= 0.3 is 11.9 Å². The van der Waals surface area contributed by atoms with Gasteiger partial charge in [-0.15, -0.1) is 0 Å². The van der Waals surface area contributed by atoms with Crippen LogP contribution in [0.2, 0.25) is 0 Å². The summed E-state index contributed by atoms with van der Waals surface area (Å²) in [6.07, 6.45) is 3.97. The molecule has 0 amide bonds. The predicted molar refractivity (Wildman–Crippen MR) is 71.6 cm³/mol. The summed E-state index contributed by atoms with van der Waals surface area (Å²) in [5.74, 6) is -2.57. The molecular weight excluding hydrogens is 260 g/mol. The molecule has 110 valence electrons. The Labute approximate surface area is 118 Å². The first-order chi connectivity index (χ1) is 9.35. The third-order valence-electron chi connectivity index (χ3n) is 3.86. The van der Waals surface area contributed by atoms with Crippen LogP contribution in [0.5, 0.6) is 0 Å². The Hall–Kier alpha value is -1.62. The molecule has 1 saturated carbocycles. The van der Waals surface area contributed by atoms with E-state index in [2.05, 4.69) is 13.2 Å². The molecule has 0 N–H and O–H groups in total. The van der Waals surface area contributed by atoms with Crippen molar-refractivity contribution in [3.8, 4) is 0 Å². The number of fused-ring (bicyclic) bond motifs is 1. The molecule has 5 nitrogen and oxygen atoms in total. The quantitative estimate of drug-likeness (QED) is 0.334. The average Bonchev–Trinajstić information content (AvgIpc) is 3.16. The van der Waals surface area contributed by atoms with E-state index in [1.165, 1.54) is 0 Å². The Bertz CT molecular complexity index is 455. The Morgan fingerprint density at radius 3 is 2.55 bits per heavy atom. The summed E-state index contributed by atoms with van der Waals surface area (Å²) in [4.78, 5) is 23.3. The van der Waals surface area contributed by atoms with Gasteiger partial charge in [-0.1, -0.05) is 13.2 Å². The number of hydrogen-bond donors (Lipinski definition) is 0. The lowest BCUT2D eigenvalue weighted by atomic mass is 9.83. The molecule has 4 atom stereocenters. The molecule has 5 heteroatoms. The molecular formula is C15H20O5. The molecule has 0 aromatic heterocycles. The van der Waals surface area contributed by atoms with Crippen LogP contribution in [-0.2, 0) is 23.8 Å². The Balaban J connectivity index is 2.13. The van der Waals surface area contributed by atoms with Gasteiger partial charge in [0.25, 0.3) is 5.79 Å². The summed E-state index contributed by atoms with van der Waals surface area (Å²) in [5.41, 5.74) is 0.266. The predicted octanol–water partition coefficient (Wildman–Crippen LogP) is 2.12. The van der Waals surface area contributed by atoms with E-state index in [-0.39, 0.29) is 17.6 Å². The van der Waals surface area contributed by atoms with Crippen molar-refractivity contribution in [1.29, 1.82) is 0 Å². The molecule has 4 unspecified atom stereocenters. The van der Waals surface area contributed by atoms with Crippen molar-refractivity contribution < 1.29 is 23.8 Å². The van der Waals surface area contributed by atoms with Gasteiger partial charge in [0.2, 0.25) is 0 Å². The number of hydrogen-bond acceptors (Lipinski definition) is 5. The Morgan fingerprint density at radius 2 is 2.00 bits per heavy atom. The summed E-state index contributed by atoms with van der Waals surface area (Å²) in [6, 6.07) is 0. The van der Waals surface area contributed by atoms with Crippen LogP contribution in [0.1, 0.15) is 33.1 Å². The highest BCUT2D eigenvalue weighted by molar-refractivity contribution is 5.87. The van der Waals surface area contributed by atoms with E-state index in [4.69, 9.17) is 14.2 Å². The summed E-state index contributed by atoms with van der Waals surface area (Å²) >= 11 is 0. The fourth-order valence-corrected chi connectivity index (χ4v) is 2.58. The molecule has 2 aliphatic rings. The van der Waals surface area contributed by atoms with Crippen LogP contribution < -0.4 is 0 Å². The number of ether oxygens (including phenoxy) is 3. The van der Waals surface area contributed by atoms with Crippen LogP contribution in [0.25, 0.3) is 0 Å². The molecule has 2 rings (SSSR count). The van der Waals surface area contributed by atoms with Gasteiger partial charge in [0, 0.05) is 24.5 Å². The first kappa shape index (κ1) is 14.8. The topological polar surface area (TPSA) is 65.1 Å². The maximum atomic E-state index is 11.8. The number of rotatable bonds is 5. The zero-order valence-corrected chi connectivity index (χ0v) is 11.9. The van der Waals surface area contributed by atoms with Gasteiger partial charge in [0.1, 0.15) is 0 Å². The van der Waals surface area contributed by atoms with Crippen LogP contribution in [0.3, 0.4) is 0 Å². The van der Waals surface area contributed by atoms with E-state index in [9.17, 15) is 9.59 Å². The minimum absolute atomic E-state index is 0.0848. The van der Waals surface area contributed by atoms with Crippen LogP contribution in [0, 0.1) is 5.92 Å². The molecule has 0 bridgehead atoms. The number of epoxide rings is 1. The van der Waals surface area contributed by atoms with Crippen molar-refractivity contribution in [2.75, 3.05) is 0 Å². The standard InChI is InChI=1S/C15H20O5/c1-5-13(16)19-15(4,20-14(17)9(2)3)10-6-7-11-12(8-10)18-11/h5,10-12H,1-2,6-8H2,3-4H3. The van der Waals surface area contributed by atoms with Gasteiger partial charge < -0.3 is 14.2 Å². The average molecular weight is 280 g/mol. The number of esters is 2. The maximum Gasteiger partial charge on any atom is 0.336 e.